The van der Waals surface area contributed by atoms with Crippen LogP contribution in [-0.4, -0.2) is 6.54 Å². The van der Waals surface area contributed by atoms with Crippen molar-refractivity contribution in [3.05, 3.63) is 33.8 Å². The molecule has 0 saturated carbocycles. The highest BCUT2D eigenvalue weighted by Crippen LogP contribution is 2.29. The lowest BCUT2D eigenvalue weighted by atomic mass is 9.90. The highest BCUT2D eigenvalue weighted by atomic mass is 79.9. The highest BCUT2D eigenvalue weighted by molar-refractivity contribution is 9.10. The summed E-state index contributed by atoms with van der Waals surface area (Å²) < 4.78 is 1.17. The molecule has 0 bridgehead atoms. The Morgan fingerprint density at radius 3 is 2.56 bits per heavy atom. The first kappa shape index (κ1) is 13.7. The SMILES string of the molecule is CCNC(c1cc(Br)ccc1C)C(C)CC. The van der Waals surface area contributed by atoms with E-state index in [1.54, 1.807) is 0 Å². The van der Waals surface area contributed by atoms with E-state index in [0.717, 1.165) is 6.54 Å². The van der Waals surface area contributed by atoms with Gasteiger partial charge in [0.05, 0.1) is 0 Å². The molecule has 16 heavy (non-hydrogen) atoms. The van der Waals surface area contributed by atoms with Crippen molar-refractivity contribution in [1.82, 2.24) is 5.32 Å². The van der Waals surface area contributed by atoms with E-state index in [1.165, 1.54) is 22.0 Å². The Hall–Kier alpha value is -0.340. The number of halogens is 1. The summed E-state index contributed by atoms with van der Waals surface area (Å²) in [6.45, 7) is 9.94. The molecule has 0 aliphatic carbocycles. The van der Waals surface area contributed by atoms with Crippen molar-refractivity contribution in [2.24, 2.45) is 5.92 Å². The van der Waals surface area contributed by atoms with Crippen molar-refractivity contribution >= 4 is 15.9 Å². The first-order valence-electron chi connectivity index (χ1n) is 6.09. The van der Waals surface area contributed by atoms with Gasteiger partial charge in [-0.05, 0) is 42.6 Å². The smallest absolute Gasteiger partial charge is 0.0348 e. The summed E-state index contributed by atoms with van der Waals surface area (Å²) in [7, 11) is 0. The topological polar surface area (TPSA) is 12.0 Å². The van der Waals surface area contributed by atoms with Gasteiger partial charge in [0.1, 0.15) is 0 Å². The van der Waals surface area contributed by atoms with Crippen LogP contribution in [0.2, 0.25) is 0 Å². The van der Waals surface area contributed by atoms with Gasteiger partial charge in [0.15, 0.2) is 0 Å². The zero-order valence-electron chi connectivity index (χ0n) is 10.7. The maximum atomic E-state index is 3.60. The van der Waals surface area contributed by atoms with Gasteiger partial charge in [0, 0.05) is 10.5 Å². The molecular weight excluding hydrogens is 262 g/mol. The van der Waals surface area contributed by atoms with Gasteiger partial charge >= 0.3 is 0 Å². The van der Waals surface area contributed by atoms with E-state index in [-0.39, 0.29) is 0 Å². The molecule has 0 heterocycles. The van der Waals surface area contributed by atoms with E-state index in [2.05, 4.69) is 67.1 Å². The molecule has 0 fully saturated rings. The molecule has 1 aromatic rings. The lowest BCUT2D eigenvalue weighted by Crippen LogP contribution is -2.27. The zero-order chi connectivity index (χ0) is 12.1. The Bertz CT molecular complexity index is 336. The van der Waals surface area contributed by atoms with Crippen LogP contribution >= 0.6 is 15.9 Å². The van der Waals surface area contributed by atoms with Crippen molar-refractivity contribution in [3.8, 4) is 0 Å². The van der Waals surface area contributed by atoms with Gasteiger partial charge in [-0.15, -0.1) is 0 Å². The lowest BCUT2D eigenvalue weighted by Gasteiger charge is -2.26. The minimum atomic E-state index is 0.465. The molecule has 1 rings (SSSR count). The number of hydrogen-bond acceptors (Lipinski definition) is 1. The molecule has 0 spiro atoms. The molecule has 0 radical (unpaired) electrons. The largest absolute Gasteiger partial charge is 0.310 e. The first-order valence-corrected chi connectivity index (χ1v) is 6.88. The first-order chi connectivity index (χ1) is 7.60. The van der Waals surface area contributed by atoms with Crippen LogP contribution in [0.3, 0.4) is 0 Å². The molecular formula is C14H22BrN. The number of rotatable bonds is 5. The molecule has 0 amide bonds. The van der Waals surface area contributed by atoms with Crippen LogP contribution in [0.1, 0.15) is 44.4 Å². The molecule has 90 valence electrons. The van der Waals surface area contributed by atoms with Crippen LogP contribution in [0.5, 0.6) is 0 Å². The van der Waals surface area contributed by atoms with Gasteiger partial charge < -0.3 is 5.32 Å². The fraction of sp³-hybridized carbons (Fsp3) is 0.571. The molecule has 1 N–H and O–H groups in total. The molecule has 2 heteroatoms. The Balaban J connectivity index is 3.04. The maximum Gasteiger partial charge on any atom is 0.0348 e. The van der Waals surface area contributed by atoms with Crippen LogP contribution in [0.4, 0.5) is 0 Å². The van der Waals surface area contributed by atoms with Gasteiger partial charge in [-0.25, -0.2) is 0 Å². The van der Waals surface area contributed by atoms with Gasteiger partial charge in [-0.2, -0.15) is 0 Å². The molecule has 0 aromatic heterocycles. The Morgan fingerprint density at radius 2 is 2.00 bits per heavy atom. The predicted molar refractivity (Wildman–Crippen MR) is 74.8 cm³/mol. The third-order valence-electron chi connectivity index (χ3n) is 3.21. The number of nitrogens with one attached hydrogen (secondary N) is 1. The van der Waals surface area contributed by atoms with Crippen LogP contribution in [0, 0.1) is 12.8 Å². The average molecular weight is 284 g/mol. The quantitative estimate of drug-likeness (QED) is 0.842. The maximum absolute atomic E-state index is 3.60. The predicted octanol–water partition coefficient (Wildman–Crippen LogP) is 4.45. The summed E-state index contributed by atoms with van der Waals surface area (Å²) >= 11 is 3.56. The van der Waals surface area contributed by atoms with E-state index in [9.17, 15) is 0 Å². The number of benzene rings is 1. The second-order valence-electron chi connectivity index (χ2n) is 4.42. The zero-order valence-corrected chi connectivity index (χ0v) is 12.3. The monoisotopic (exact) mass is 283 g/mol. The molecule has 0 aliphatic heterocycles. The second kappa shape index (κ2) is 6.41. The lowest BCUT2D eigenvalue weighted by molar-refractivity contribution is 0.382. The van der Waals surface area contributed by atoms with E-state index in [4.69, 9.17) is 0 Å². The van der Waals surface area contributed by atoms with Crippen LogP contribution < -0.4 is 5.32 Å². The number of hydrogen-bond donors (Lipinski definition) is 1. The van der Waals surface area contributed by atoms with Crippen LogP contribution in [0.15, 0.2) is 22.7 Å². The summed E-state index contributed by atoms with van der Waals surface area (Å²) in [5.74, 6) is 0.660. The van der Waals surface area contributed by atoms with Crippen molar-refractivity contribution in [2.45, 2.75) is 40.2 Å². The van der Waals surface area contributed by atoms with Crippen LogP contribution in [-0.2, 0) is 0 Å². The third-order valence-corrected chi connectivity index (χ3v) is 3.71. The fourth-order valence-corrected chi connectivity index (χ4v) is 2.40. The van der Waals surface area contributed by atoms with Crippen molar-refractivity contribution in [1.29, 1.82) is 0 Å². The normalized spacial score (nSPS) is 14.8. The van der Waals surface area contributed by atoms with Gasteiger partial charge in [-0.1, -0.05) is 49.2 Å². The minimum absolute atomic E-state index is 0.465. The number of aryl methyl sites for hydroxylation is 1. The van der Waals surface area contributed by atoms with Gasteiger partial charge in [0.25, 0.3) is 0 Å². The van der Waals surface area contributed by atoms with Gasteiger partial charge in [-0.3, -0.25) is 0 Å². The molecule has 1 nitrogen and oxygen atoms in total. The average Bonchev–Trinajstić information content (AvgIpc) is 2.28. The summed E-state index contributed by atoms with van der Waals surface area (Å²) in [6.07, 6.45) is 1.20. The van der Waals surface area contributed by atoms with E-state index in [1.807, 2.05) is 0 Å². The molecule has 2 atom stereocenters. The Labute approximate surface area is 108 Å². The van der Waals surface area contributed by atoms with Crippen molar-refractivity contribution < 1.29 is 0 Å². The van der Waals surface area contributed by atoms with E-state index < -0.39 is 0 Å². The fourth-order valence-electron chi connectivity index (χ4n) is 2.02. The summed E-state index contributed by atoms with van der Waals surface area (Å²) in [5, 5.41) is 3.60. The Morgan fingerprint density at radius 1 is 1.31 bits per heavy atom. The summed E-state index contributed by atoms with van der Waals surface area (Å²) in [5.41, 5.74) is 2.79. The summed E-state index contributed by atoms with van der Waals surface area (Å²) in [4.78, 5) is 0. The highest BCUT2D eigenvalue weighted by Gasteiger charge is 2.18. The standard InChI is InChI=1S/C14H22BrN/c1-5-10(3)14(16-6-2)13-9-12(15)8-7-11(13)4/h7-10,14,16H,5-6H2,1-4H3. The summed E-state index contributed by atoms with van der Waals surface area (Å²) in [6, 6.07) is 7.01. The molecule has 0 saturated heterocycles. The Kier molecular flexibility index (Phi) is 5.50. The van der Waals surface area contributed by atoms with Crippen molar-refractivity contribution in [3.63, 3.8) is 0 Å². The molecule has 1 aromatic carbocycles. The van der Waals surface area contributed by atoms with Gasteiger partial charge in [0.2, 0.25) is 0 Å². The van der Waals surface area contributed by atoms with Crippen molar-refractivity contribution in [2.75, 3.05) is 6.54 Å². The molecule has 2 unspecified atom stereocenters. The van der Waals surface area contributed by atoms with Crippen LogP contribution in [0.25, 0.3) is 0 Å². The third kappa shape index (κ3) is 3.33. The molecule has 0 aliphatic rings. The second-order valence-corrected chi connectivity index (χ2v) is 5.34. The van der Waals surface area contributed by atoms with E-state index >= 15 is 0 Å². The minimum Gasteiger partial charge on any atom is -0.310 e. The van der Waals surface area contributed by atoms with E-state index in [0.29, 0.717) is 12.0 Å².